The molecule has 0 aliphatic carbocycles. The molecule has 0 aliphatic heterocycles. The minimum atomic E-state index is -1.19. The van der Waals surface area contributed by atoms with Crippen molar-refractivity contribution in [2.45, 2.75) is 26.7 Å². The first kappa shape index (κ1) is 18.2. The molecule has 0 N–H and O–H groups in total. The molecule has 0 saturated carbocycles. The zero-order valence-corrected chi connectivity index (χ0v) is 10.9. The van der Waals surface area contributed by atoms with Crippen LogP contribution in [0.25, 0.3) is 0 Å². The number of rotatable bonds is 3. The Labute approximate surface area is 90.4 Å². The smallest absolute Gasteiger partial charge is 0.550 e. The Hall–Kier alpha value is -0.697. The van der Waals surface area contributed by atoms with Crippen molar-refractivity contribution in [3.63, 3.8) is 0 Å². The van der Waals surface area contributed by atoms with Gasteiger partial charge in [0.1, 0.15) is 0 Å². The van der Waals surface area contributed by atoms with Crippen molar-refractivity contribution in [3.05, 3.63) is 12.2 Å². The number of hydrogen-bond donors (Lipinski definition) is 0. The number of aliphatic carboxylic acids is 2. The van der Waals surface area contributed by atoms with Crippen LogP contribution in [0.1, 0.15) is 26.7 Å². The van der Waals surface area contributed by atoms with Crippen molar-refractivity contribution >= 4 is 11.9 Å². The van der Waals surface area contributed by atoms with E-state index in [0.29, 0.717) is 6.42 Å². The average molecular weight is 238 g/mol. The number of hydrogen-bond acceptors (Lipinski definition) is 4. The van der Waals surface area contributed by atoms with Crippen LogP contribution in [0.3, 0.4) is 0 Å². The monoisotopic (exact) mass is 236 g/mol. The van der Waals surface area contributed by atoms with E-state index in [2.05, 4.69) is 6.58 Å². The second-order valence-corrected chi connectivity index (χ2v) is 2.19. The number of carbonyl (C=O) groups is 2. The molecule has 4 nitrogen and oxygen atoms in total. The third-order valence-corrected chi connectivity index (χ3v) is 0.803. The van der Waals surface area contributed by atoms with Crippen molar-refractivity contribution in [1.82, 2.24) is 0 Å². The summed E-state index contributed by atoms with van der Waals surface area (Å²) in [4.78, 5) is 19.0. The third-order valence-electron chi connectivity index (χ3n) is 0.803. The summed E-state index contributed by atoms with van der Waals surface area (Å²) in [5.41, 5.74) is 0.0648. The van der Waals surface area contributed by atoms with Crippen LogP contribution < -0.4 is 10.2 Å². The molecule has 0 bridgehead atoms. The molecular weight excluding hydrogens is 225 g/mol. The van der Waals surface area contributed by atoms with Crippen LogP contribution in [0, 0.1) is 0 Å². The van der Waals surface area contributed by atoms with Gasteiger partial charge in [-0.1, -0.05) is 19.9 Å². The van der Waals surface area contributed by atoms with Crippen molar-refractivity contribution in [2.24, 2.45) is 0 Å². The minimum absolute atomic E-state index is 0. The molecule has 13 heavy (non-hydrogen) atoms. The van der Waals surface area contributed by atoms with Gasteiger partial charge < -0.3 is 19.8 Å². The molecule has 0 aromatic heterocycles. The first-order chi connectivity index (χ1) is 5.41. The molecule has 0 aliphatic rings. The molecular formula is C8H12O4Zn. The summed E-state index contributed by atoms with van der Waals surface area (Å²) in [6, 6.07) is 0. The van der Waals surface area contributed by atoms with Gasteiger partial charge in [-0.3, -0.25) is 0 Å². The van der Waals surface area contributed by atoms with E-state index in [1.807, 2.05) is 0 Å². The second kappa shape index (κ2) is 11.3. The summed E-state index contributed by atoms with van der Waals surface area (Å²) in [6.45, 7) is 6.28. The maximum absolute atomic E-state index is 9.49. The number of carboxylic acids is 2. The van der Waals surface area contributed by atoms with Crippen LogP contribution in [0.15, 0.2) is 12.2 Å². The van der Waals surface area contributed by atoms with Crippen LogP contribution >= 0.6 is 0 Å². The van der Waals surface area contributed by atoms with E-state index in [1.165, 1.54) is 6.92 Å². The first-order valence-electron chi connectivity index (χ1n) is 3.48. The molecule has 0 radical (unpaired) electrons. The normalized spacial score (nSPS) is 7.23. The minimum Gasteiger partial charge on any atom is -0.550 e. The Balaban J connectivity index is -0.000000143. The van der Waals surface area contributed by atoms with Gasteiger partial charge in [-0.2, -0.15) is 0 Å². The van der Waals surface area contributed by atoms with E-state index >= 15 is 0 Å². The van der Waals surface area contributed by atoms with Gasteiger partial charge in [-0.25, -0.2) is 0 Å². The van der Waals surface area contributed by atoms with E-state index in [1.54, 1.807) is 6.92 Å². The van der Waals surface area contributed by atoms with Gasteiger partial charge in [0.05, 0.1) is 5.97 Å². The SMILES string of the molecule is C=C(C)C(=O)[O-].CCCC(=O)[O-].[Zn+2]. The largest absolute Gasteiger partial charge is 2.00 e. The quantitative estimate of drug-likeness (QED) is 0.458. The molecule has 0 saturated heterocycles. The van der Waals surface area contributed by atoms with Crippen LogP contribution in [-0.2, 0) is 29.1 Å². The van der Waals surface area contributed by atoms with Crippen molar-refractivity contribution in [1.29, 1.82) is 0 Å². The topological polar surface area (TPSA) is 80.3 Å². The molecule has 0 heterocycles. The van der Waals surface area contributed by atoms with E-state index in [9.17, 15) is 19.8 Å². The maximum atomic E-state index is 9.49. The van der Waals surface area contributed by atoms with E-state index in [-0.39, 0.29) is 31.5 Å². The van der Waals surface area contributed by atoms with Crippen molar-refractivity contribution < 1.29 is 39.3 Å². The van der Waals surface area contributed by atoms with Gasteiger partial charge in [-0.15, -0.1) is 0 Å². The average Bonchev–Trinajstić information content (AvgIpc) is 1.87. The Morgan fingerprint density at radius 3 is 1.62 bits per heavy atom. The summed E-state index contributed by atoms with van der Waals surface area (Å²) >= 11 is 0. The number of carboxylic acid groups (broad SMARTS) is 2. The van der Waals surface area contributed by atoms with Crippen LogP contribution in [-0.4, -0.2) is 11.9 Å². The molecule has 0 unspecified atom stereocenters. The summed E-state index contributed by atoms with van der Waals surface area (Å²) in [5, 5.41) is 19.0. The van der Waals surface area contributed by atoms with E-state index in [0.717, 1.165) is 0 Å². The fraction of sp³-hybridized carbons (Fsp3) is 0.500. The summed E-state index contributed by atoms with van der Waals surface area (Å²) in [6.07, 6.45) is 0.850. The molecule has 0 atom stereocenters. The van der Waals surface area contributed by atoms with E-state index in [4.69, 9.17) is 0 Å². The van der Waals surface area contributed by atoms with Crippen LogP contribution in [0.2, 0.25) is 0 Å². The van der Waals surface area contributed by atoms with Gasteiger partial charge in [0.25, 0.3) is 0 Å². The van der Waals surface area contributed by atoms with Gasteiger partial charge in [0, 0.05) is 5.97 Å². The van der Waals surface area contributed by atoms with Crippen molar-refractivity contribution in [3.8, 4) is 0 Å². The van der Waals surface area contributed by atoms with Gasteiger partial charge in [0.2, 0.25) is 0 Å². The van der Waals surface area contributed by atoms with Crippen LogP contribution in [0.4, 0.5) is 0 Å². The fourth-order valence-corrected chi connectivity index (χ4v) is 0.204. The second-order valence-electron chi connectivity index (χ2n) is 2.19. The van der Waals surface area contributed by atoms with E-state index < -0.39 is 11.9 Å². The standard InChI is InChI=1S/C4H6O2.C4H8O2.Zn/c1-3(2)4(5)6;1-2-3-4(5)6;/h1H2,2H3,(H,5,6);2-3H2,1H3,(H,5,6);/q;;+2/p-2. The predicted molar refractivity (Wildman–Crippen MR) is 39.7 cm³/mol. The molecule has 0 rings (SSSR count). The summed E-state index contributed by atoms with van der Waals surface area (Å²) < 4.78 is 0. The molecule has 0 aromatic carbocycles. The van der Waals surface area contributed by atoms with Crippen LogP contribution in [0.5, 0.6) is 0 Å². The van der Waals surface area contributed by atoms with Gasteiger partial charge in [0.15, 0.2) is 0 Å². The number of carbonyl (C=O) groups excluding carboxylic acids is 2. The third kappa shape index (κ3) is 24.6. The Bertz CT molecular complexity index is 165. The molecule has 0 amide bonds. The fourth-order valence-electron chi connectivity index (χ4n) is 0.204. The van der Waals surface area contributed by atoms with Crippen molar-refractivity contribution in [2.75, 3.05) is 0 Å². The maximum Gasteiger partial charge on any atom is 2.00 e. The predicted octanol–water partition coefficient (Wildman–Crippen LogP) is -1.15. The molecule has 0 aromatic rings. The molecule has 5 heteroatoms. The summed E-state index contributed by atoms with van der Waals surface area (Å²) in [7, 11) is 0. The zero-order chi connectivity index (χ0) is 10.1. The van der Waals surface area contributed by atoms with Gasteiger partial charge >= 0.3 is 19.5 Å². The zero-order valence-electron chi connectivity index (χ0n) is 7.96. The molecule has 70 valence electrons. The summed E-state index contributed by atoms with van der Waals surface area (Å²) in [5.74, 6) is -2.15. The Morgan fingerprint density at radius 2 is 1.62 bits per heavy atom. The molecule has 0 spiro atoms. The Kier molecular flexibility index (Phi) is 15.8. The Morgan fingerprint density at radius 1 is 1.31 bits per heavy atom. The first-order valence-corrected chi connectivity index (χ1v) is 3.48. The van der Waals surface area contributed by atoms with Gasteiger partial charge in [-0.05, 0) is 18.9 Å². The molecule has 0 fully saturated rings.